The van der Waals surface area contributed by atoms with E-state index in [4.69, 9.17) is 21.9 Å². The molecule has 0 atom stereocenters. The van der Waals surface area contributed by atoms with Gasteiger partial charge in [0.15, 0.2) is 16.8 Å². The normalized spacial score (nSPS) is 18.8. The maximum atomic E-state index is 5.71. The molecule has 2 rings (SSSR count). The first-order valence-electron chi connectivity index (χ1n) is 5.59. The highest BCUT2D eigenvalue weighted by molar-refractivity contribution is 6.29. The Kier molecular flexibility index (Phi) is 3.85. The molecule has 0 aromatic carbocycles. The summed E-state index contributed by atoms with van der Waals surface area (Å²) in [4.78, 5) is 4.57. The van der Waals surface area contributed by atoms with Crippen LogP contribution in [-0.4, -0.2) is 11.9 Å². The Bertz CT molecular complexity index is 369. The lowest BCUT2D eigenvalue weighted by Crippen LogP contribution is -2.32. The molecule has 1 aromatic rings. The van der Waals surface area contributed by atoms with Crippen molar-refractivity contribution >= 4 is 17.4 Å². The van der Waals surface area contributed by atoms with Gasteiger partial charge in [-0.15, -0.1) is 0 Å². The van der Waals surface area contributed by atoms with E-state index in [0.29, 0.717) is 22.9 Å². The highest BCUT2D eigenvalue weighted by Gasteiger charge is 2.15. The summed E-state index contributed by atoms with van der Waals surface area (Å²) in [6.45, 7) is 0. The number of hydrogen-bond acceptors (Lipinski definition) is 3. The van der Waals surface area contributed by atoms with Crippen molar-refractivity contribution in [3.63, 3.8) is 0 Å². The quantitative estimate of drug-likeness (QED) is 0.362. The second-order valence-electron chi connectivity index (χ2n) is 4.02. The molecule has 0 bridgehead atoms. The lowest BCUT2D eigenvalue weighted by Gasteiger charge is -2.18. The average molecular weight is 242 g/mol. The van der Waals surface area contributed by atoms with E-state index in [9.17, 15) is 0 Å². The summed E-state index contributed by atoms with van der Waals surface area (Å²) in [7, 11) is 0. The van der Waals surface area contributed by atoms with Crippen LogP contribution in [-0.2, 0) is 0 Å². The van der Waals surface area contributed by atoms with Gasteiger partial charge in [-0.3, -0.25) is 4.99 Å². The number of rotatable bonds is 2. The molecule has 0 unspecified atom stereocenters. The Morgan fingerprint density at radius 1 is 1.38 bits per heavy atom. The van der Waals surface area contributed by atoms with Gasteiger partial charge in [0, 0.05) is 0 Å². The molecule has 0 radical (unpaired) electrons. The first kappa shape index (κ1) is 11.5. The van der Waals surface area contributed by atoms with Crippen molar-refractivity contribution in [2.45, 2.75) is 38.1 Å². The predicted molar refractivity (Wildman–Crippen MR) is 64.5 cm³/mol. The smallest absolute Gasteiger partial charge is 0.194 e. The molecule has 1 saturated carbocycles. The Morgan fingerprint density at radius 2 is 2.12 bits per heavy atom. The van der Waals surface area contributed by atoms with Gasteiger partial charge >= 0.3 is 0 Å². The molecule has 3 N–H and O–H groups in total. The van der Waals surface area contributed by atoms with E-state index in [1.165, 1.54) is 19.3 Å². The largest absolute Gasteiger partial charge is 0.441 e. The van der Waals surface area contributed by atoms with Gasteiger partial charge in [-0.1, -0.05) is 19.3 Å². The van der Waals surface area contributed by atoms with E-state index in [0.717, 1.165) is 12.8 Å². The molecule has 0 aliphatic heterocycles. The van der Waals surface area contributed by atoms with Gasteiger partial charge in [0.1, 0.15) is 0 Å². The zero-order valence-corrected chi connectivity index (χ0v) is 9.83. The number of furan rings is 1. The number of halogens is 1. The highest BCUT2D eigenvalue weighted by atomic mass is 35.5. The van der Waals surface area contributed by atoms with Crippen molar-refractivity contribution in [3.05, 3.63) is 23.1 Å². The third-order valence-corrected chi connectivity index (χ3v) is 3.03. The topological polar surface area (TPSA) is 63.5 Å². The maximum absolute atomic E-state index is 5.71. The van der Waals surface area contributed by atoms with Crippen LogP contribution >= 0.6 is 11.6 Å². The Balaban J connectivity index is 2.11. The third kappa shape index (κ3) is 2.77. The molecular formula is C11H16ClN3O. The van der Waals surface area contributed by atoms with E-state index >= 15 is 0 Å². The van der Waals surface area contributed by atoms with Gasteiger partial charge in [0.05, 0.1) is 6.04 Å². The summed E-state index contributed by atoms with van der Waals surface area (Å²) in [6.07, 6.45) is 6.04. The molecule has 5 heteroatoms. The minimum Gasteiger partial charge on any atom is -0.441 e. The van der Waals surface area contributed by atoms with Crippen molar-refractivity contribution in [2.75, 3.05) is 0 Å². The van der Waals surface area contributed by atoms with Crippen molar-refractivity contribution in [1.82, 2.24) is 5.43 Å². The van der Waals surface area contributed by atoms with Crippen molar-refractivity contribution in [3.8, 4) is 0 Å². The molecule has 0 saturated heterocycles. The van der Waals surface area contributed by atoms with Gasteiger partial charge in [-0.2, -0.15) is 0 Å². The maximum Gasteiger partial charge on any atom is 0.194 e. The molecule has 4 nitrogen and oxygen atoms in total. The summed E-state index contributed by atoms with van der Waals surface area (Å²) in [5, 5.41) is 0.349. The average Bonchev–Trinajstić information content (AvgIpc) is 2.74. The van der Waals surface area contributed by atoms with Crippen LogP contribution in [0.4, 0.5) is 0 Å². The van der Waals surface area contributed by atoms with Gasteiger partial charge in [0.2, 0.25) is 0 Å². The second kappa shape index (κ2) is 5.37. The monoisotopic (exact) mass is 241 g/mol. The van der Waals surface area contributed by atoms with Gasteiger partial charge < -0.3 is 9.84 Å². The van der Waals surface area contributed by atoms with Gasteiger partial charge in [-0.25, -0.2) is 5.84 Å². The van der Waals surface area contributed by atoms with E-state index in [1.54, 1.807) is 12.1 Å². The van der Waals surface area contributed by atoms with Crippen LogP contribution in [0.2, 0.25) is 5.22 Å². The summed E-state index contributed by atoms with van der Waals surface area (Å²) < 4.78 is 5.27. The van der Waals surface area contributed by atoms with Crippen LogP contribution in [0.15, 0.2) is 21.5 Å². The van der Waals surface area contributed by atoms with E-state index in [2.05, 4.69) is 10.4 Å². The molecule has 88 valence electrons. The molecule has 1 heterocycles. The van der Waals surface area contributed by atoms with Crippen LogP contribution in [0.5, 0.6) is 0 Å². The number of nitrogens with two attached hydrogens (primary N) is 1. The van der Waals surface area contributed by atoms with E-state index in [-0.39, 0.29) is 0 Å². The fourth-order valence-corrected chi connectivity index (χ4v) is 2.15. The Labute approximate surface area is 99.8 Å². The minimum absolute atomic E-state index is 0.349. The van der Waals surface area contributed by atoms with Crippen molar-refractivity contribution in [1.29, 1.82) is 0 Å². The first-order valence-corrected chi connectivity index (χ1v) is 5.97. The molecule has 1 fully saturated rings. The van der Waals surface area contributed by atoms with Crippen molar-refractivity contribution in [2.24, 2.45) is 10.8 Å². The summed E-state index contributed by atoms with van der Waals surface area (Å²) in [5.41, 5.74) is 2.58. The Morgan fingerprint density at radius 3 is 2.69 bits per heavy atom. The molecule has 16 heavy (non-hydrogen) atoms. The van der Waals surface area contributed by atoms with Gasteiger partial charge in [-0.05, 0) is 36.6 Å². The summed E-state index contributed by atoms with van der Waals surface area (Å²) >= 11 is 5.71. The predicted octanol–water partition coefficient (Wildman–Crippen LogP) is 2.48. The highest BCUT2D eigenvalue weighted by Crippen LogP contribution is 2.21. The first-order chi connectivity index (χ1) is 7.79. The molecular weight excluding hydrogens is 226 g/mol. The van der Waals surface area contributed by atoms with E-state index in [1.807, 2.05) is 0 Å². The number of amidine groups is 1. The summed E-state index contributed by atoms with van der Waals surface area (Å²) in [6, 6.07) is 3.80. The molecule has 1 aliphatic rings. The standard InChI is InChI=1S/C11H16ClN3O/c12-10-7-6-9(16-10)11(15-13)14-8-4-2-1-3-5-8/h6-8H,1-5,13H2,(H,14,15). The van der Waals surface area contributed by atoms with E-state index < -0.39 is 0 Å². The molecule has 0 spiro atoms. The number of nitrogens with zero attached hydrogens (tertiary/aromatic N) is 1. The fraction of sp³-hybridized carbons (Fsp3) is 0.545. The minimum atomic E-state index is 0.349. The van der Waals surface area contributed by atoms with Crippen molar-refractivity contribution < 1.29 is 4.42 Å². The SMILES string of the molecule is NNC(=NC1CCCCC1)c1ccc(Cl)o1. The summed E-state index contributed by atoms with van der Waals surface area (Å²) in [5.74, 6) is 6.63. The second-order valence-corrected chi connectivity index (χ2v) is 4.39. The van der Waals surface area contributed by atoms with Crippen LogP contribution in [0, 0.1) is 0 Å². The molecule has 0 amide bonds. The number of aliphatic imine (C=N–C) groups is 1. The molecule has 1 aromatic heterocycles. The number of nitrogens with one attached hydrogen (secondary N) is 1. The lowest BCUT2D eigenvalue weighted by atomic mass is 9.96. The molecule has 1 aliphatic carbocycles. The number of hydrazine groups is 1. The zero-order chi connectivity index (χ0) is 11.4. The van der Waals surface area contributed by atoms with Crippen LogP contribution in [0.3, 0.4) is 0 Å². The van der Waals surface area contributed by atoms with Gasteiger partial charge in [0.25, 0.3) is 0 Å². The third-order valence-electron chi connectivity index (χ3n) is 2.83. The fourth-order valence-electron chi connectivity index (χ4n) is 2.01. The van der Waals surface area contributed by atoms with Crippen LogP contribution in [0.25, 0.3) is 0 Å². The van der Waals surface area contributed by atoms with Crippen LogP contribution in [0.1, 0.15) is 37.9 Å². The Hall–Kier alpha value is -1.00. The zero-order valence-electron chi connectivity index (χ0n) is 9.08. The van der Waals surface area contributed by atoms with Crippen LogP contribution < -0.4 is 11.3 Å². The number of hydrogen-bond donors (Lipinski definition) is 2. The lowest BCUT2D eigenvalue weighted by molar-refractivity contribution is 0.441.